The predicted molar refractivity (Wildman–Crippen MR) is 31.4 cm³/mol. The van der Waals surface area contributed by atoms with Gasteiger partial charge >= 0.3 is 0 Å². The summed E-state index contributed by atoms with van der Waals surface area (Å²) in [5.74, 6) is 0. The maximum atomic E-state index is 9.03. The Morgan fingerprint density at radius 1 is 1.75 bits per heavy atom. The van der Waals surface area contributed by atoms with Crippen molar-refractivity contribution in [2.45, 2.75) is 25.5 Å². The van der Waals surface area contributed by atoms with Gasteiger partial charge in [-0.05, 0) is 13.8 Å². The molecule has 3 nitrogen and oxygen atoms in total. The van der Waals surface area contributed by atoms with E-state index in [1.807, 2.05) is 0 Å². The van der Waals surface area contributed by atoms with Crippen molar-refractivity contribution in [1.29, 1.82) is 0 Å². The fourth-order valence-corrected chi connectivity index (χ4v) is 0.144. The van der Waals surface area contributed by atoms with E-state index in [2.05, 4.69) is 0 Å². The third kappa shape index (κ3) is 1.78. The first-order valence-corrected chi connectivity index (χ1v) is 2.59. The number of aliphatic hydroxyl groups excluding tert-OH is 1. The van der Waals surface area contributed by atoms with Crippen molar-refractivity contribution in [3.63, 3.8) is 0 Å². The van der Waals surface area contributed by atoms with E-state index in [9.17, 15) is 0 Å². The van der Waals surface area contributed by atoms with Gasteiger partial charge in [-0.3, -0.25) is 0 Å². The van der Waals surface area contributed by atoms with E-state index in [1.165, 1.54) is 6.92 Å². The first-order valence-electron chi connectivity index (χ1n) is 2.59. The van der Waals surface area contributed by atoms with E-state index in [0.29, 0.717) is 0 Å². The quantitative estimate of drug-likeness (QED) is 0.440. The van der Waals surface area contributed by atoms with Crippen LogP contribution in [0.3, 0.4) is 0 Å². The zero-order valence-corrected chi connectivity index (χ0v) is 5.26. The average molecular weight is 119 g/mol. The molecule has 0 rings (SSSR count). The Morgan fingerprint density at radius 2 is 2.12 bits per heavy atom. The highest BCUT2D eigenvalue weighted by Gasteiger charge is 2.23. The van der Waals surface area contributed by atoms with Gasteiger partial charge in [-0.15, -0.1) is 0 Å². The molecule has 0 aromatic rings. The molecule has 0 fully saturated rings. The zero-order chi connectivity index (χ0) is 6.78. The smallest absolute Gasteiger partial charge is 0.0996 e. The minimum atomic E-state index is -1.12. The van der Waals surface area contributed by atoms with Gasteiger partial charge in [0.1, 0.15) is 0 Å². The lowest BCUT2D eigenvalue weighted by molar-refractivity contribution is -0.0146. The predicted octanol–water partition coefficient (Wildman–Crippen LogP) is -0.923. The van der Waals surface area contributed by atoms with Crippen LogP contribution in [0.4, 0.5) is 0 Å². The second-order valence-electron chi connectivity index (χ2n) is 2.30. The summed E-state index contributed by atoms with van der Waals surface area (Å²) in [4.78, 5) is 0. The zero-order valence-electron chi connectivity index (χ0n) is 5.26. The average Bonchev–Trinajstić information content (AvgIpc) is 1.67. The summed E-state index contributed by atoms with van der Waals surface area (Å²) in [6.07, 6.45) is 0. The summed E-state index contributed by atoms with van der Waals surface area (Å²) < 4.78 is 0. The molecular weight excluding hydrogens is 106 g/mol. The van der Waals surface area contributed by atoms with E-state index >= 15 is 0 Å². The van der Waals surface area contributed by atoms with E-state index in [4.69, 9.17) is 15.9 Å². The Hall–Kier alpha value is -0.120. The topological polar surface area (TPSA) is 66.5 Å². The Labute approximate surface area is 49.1 Å². The summed E-state index contributed by atoms with van der Waals surface area (Å²) in [5, 5.41) is 17.5. The molecule has 50 valence electrons. The minimum Gasteiger partial charge on any atom is -0.393 e. The third-order valence-electron chi connectivity index (χ3n) is 1.30. The molecule has 0 aliphatic rings. The van der Waals surface area contributed by atoms with Crippen LogP contribution in [-0.4, -0.2) is 28.5 Å². The molecule has 2 atom stereocenters. The molecule has 0 aliphatic heterocycles. The number of aliphatic hydroxyl groups is 2. The Morgan fingerprint density at radius 3 is 2.12 bits per heavy atom. The molecule has 0 aliphatic carbocycles. The number of hydrogen-bond acceptors (Lipinski definition) is 3. The van der Waals surface area contributed by atoms with Gasteiger partial charge in [0.25, 0.3) is 0 Å². The van der Waals surface area contributed by atoms with Gasteiger partial charge in [-0.1, -0.05) is 0 Å². The van der Waals surface area contributed by atoms with Gasteiger partial charge in [0.2, 0.25) is 0 Å². The second kappa shape index (κ2) is 2.44. The van der Waals surface area contributed by atoms with Gasteiger partial charge in [-0.25, -0.2) is 0 Å². The van der Waals surface area contributed by atoms with E-state index < -0.39 is 5.60 Å². The van der Waals surface area contributed by atoms with Gasteiger partial charge in [0.15, 0.2) is 0 Å². The molecule has 0 amide bonds. The first kappa shape index (κ1) is 7.88. The Kier molecular flexibility index (Phi) is 2.40. The highest BCUT2D eigenvalue weighted by atomic mass is 16.3. The van der Waals surface area contributed by atoms with Crippen LogP contribution in [0.5, 0.6) is 0 Å². The molecule has 0 saturated carbocycles. The lowest BCUT2D eigenvalue weighted by Crippen LogP contribution is -2.46. The summed E-state index contributed by atoms with van der Waals surface area (Å²) in [6.45, 7) is 2.86. The Bertz CT molecular complexity index is 70.8. The van der Waals surface area contributed by atoms with Crippen molar-refractivity contribution >= 4 is 0 Å². The van der Waals surface area contributed by atoms with Gasteiger partial charge in [0, 0.05) is 6.04 Å². The first-order chi connectivity index (χ1) is 3.50. The summed E-state index contributed by atoms with van der Waals surface area (Å²) >= 11 is 0. The van der Waals surface area contributed by atoms with Crippen molar-refractivity contribution in [3.05, 3.63) is 0 Å². The van der Waals surface area contributed by atoms with Crippen LogP contribution in [0.2, 0.25) is 0 Å². The molecule has 0 bridgehead atoms. The molecule has 0 aromatic heterocycles. The van der Waals surface area contributed by atoms with Crippen LogP contribution in [0.1, 0.15) is 13.8 Å². The van der Waals surface area contributed by atoms with Crippen LogP contribution in [-0.2, 0) is 0 Å². The summed E-state index contributed by atoms with van der Waals surface area (Å²) in [5.41, 5.74) is 4.15. The number of nitrogens with two attached hydrogens (primary N) is 1. The maximum absolute atomic E-state index is 9.03. The molecule has 0 radical (unpaired) electrons. The van der Waals surface area contributed by atoms with Crippen molar-refractivity contribution in [2.24, 2.45) is 5.73 Å². The monoisotopic (exact) mass is 119 g/mol. The SMILES string of the molecule is C[C@H](N)[C@@](C)(O)CO. The second-order valence-corrected chi connectivity index (χ2v) is 2.30. The molecule has 8 heavy (non-hydrogen) atoms. The van der Waals surface area contributed by atoms with Crippen LogP contribution >= 0.6 is 0 Å². The third-order valence-corrected chi connectivity index (χ3v) is 1.30. The molecule has 0 spiro atoms. The fourth-order valence-electron chi connectivity index (χ4n) is 0.144. The maximum Gasteiger partial charge on any atom is 0.0996 e. The fraction of sp³-hybridized carbons (Fsp3) is 1.00. The Balaban J connectivity index is 3.71. The molecule has 0 heterocycles. The highest BCUT2D eigenvalue weighted by molar-refractivity contribution is 4.80. The molecule has 0 aromatic carbocycles. The lowest BCUT2D eigenvalue weighted by Gasteiger charge is -2.24. The van der Waals surface area contributed by atoms with Crippen molar-refractivity contribution < 1.29 is 10.2 Å². The normalized spacial score (nSPS) is 22.1. The van der Waals surface area contributed by atoms with Crippen molar-refractivity contribution in [1.82, 2.24) is 0 Å². The van der Waals surface area contributed by atoms with Crippen LogP contribution in [0, 0.1) is 0 Å². The standard InChI is InChI=1S/C5H13NO2/c1-4(6)5(2,8)3-7/h4,7-8H,3,6H2,1-2H3/t4-,5-/m0/s1. The largest absolute Gasteiger partial charge is 0.393 e. The molecule has 0 unspecified atom stereocenters. The summed E-state index contributed by atoms with van der Waals surface area (Å²) in [7, 11) is 0. The van der Waals surface area contributed by atoms with Crippen LogP contribution in [0.25, 0.3) is 0 Å². The lowest BCUT2D eigenvalue weighted by atomic mass is 10.0. The minimum absolute atomic E-state index is 0.287. The van der Waals surface area contributed by atoms with Crippen LogP contribution in [0.15, 0.2) is 0 Å². The van der Waals surface area contributed by atoms with E-state index in [0.717, 1.165) is 0 Å². The molecule has 3 heteroatoms. The highest BCUT2D eigenvalue weighted by Crippen LogP contribution is 2.04. The van der Waals surface area contributed by atoms with Crippen molar-refractivity contribution in [2.75, 3.05) is 6.61 Å². The summed E-state index contributed by atoms with van der Waals surface area (Å²) in [6, 6.07) is -0.382. The molecular formula is C5H13NO2. The van der Waals surface area contributed by atoms with Gasteiger partial charge in [0.05, 0.1) is 12.2 Å². The van der Waals surface area contributed by atoms with E-state index in [-0.39, 0.29) is 12.6 Å². The molecule has 4 N–H and O–H groups in total. The van der Waals surface area contributed by atoms with Gasteiger partial charge < -0.3 is 15.9 Å². The number of hydrogen-bond donors (Lipinski definition) is 3. The number of rotatable bonds is 2. The van der Waals surface area contributed by atoms with E-state index in [1.54, 1.807) is 6.92 Å². The van der Waals surface area contributed by atoms with Crippen LogP contribution < -0.4 is 5.73 Å². The molecule has 0 saturated heterocycles. The van der Waals surface area contributed by atoms with Gasteiger partial charge in [-0.2, -0.15) is 0 Å². The van der Waals surface area contributed by atoms with Crippen molar-refractivity contribution in [3.8, 4) is 0 Å².